The zero-order valence-electron chi connectivity index (χ0n) is 10.3. The Morgan fingerprint density at radius 3 is 2.94 bits per heavy atom. The molecule has 1 atom stereocenters. The molecule has 0 aliphatic carbocycles. The summed E-state index contributed by atoms with van der Waals surface area (Å²) in [7, 11) is 0. The van der Waals surface area contributed by atoms with Gasteiger partial charge < -0.3 is 10.5 Å². The van der Waals surface area contributed by atoms with Crippen molar-refractivity contribution in [3.05, 3.63) is 36.5 Å². The van der Waals surface area contributed by atoms with Crippen LogP contribution in [0.3, 0.4) is 0 Å². The van der Waals surface area contributed by atoms with E-state index in [4.69, 9.17) is 15.7 Å². The van der Waals surface area contributed by atoms with Crippen LogP contribution in [0.5, 0.6) is 5.75 Å². The Bertz CT molecular complexity index is 582. The maximum Gasteiger partial charge on any atom is 0.145 e. The third-order valence-corrected chi connectivity index (χ3v) is 2.73. The highest BCUT2D eigenvalue weighted by atomic mass is 16.5. The maximum atomic E-state index is 8.82. The van der Waals surface area contributed by atoms with Gasteiger partial charge in [-0.25, -0.2) is 0 Å². The zero-order valence-corrected chi connectivity index (χ0v) is 10.3. The van der Waals surface area contributed by atoms with Crippen molar-refractivity contribution < 1.29 is 4.74 Å². The van der Waals surface area contributed by atoms with Gasteiger partial charge in [-0.3, -0.25) is 4.98 Å². The van der Waals surface area contributed by atoms with Crippen molar-refractivity contribution in [3.8, 4) is 11.8 Å². The molecular formula is C14H15N3O. The SMILES string of the molecule is CC(N)(C#N)CCOc1cccc2cccnc12. The fourth-order valence-corrected chi connectivity index (χ4v) is 1.62. The van der Waals surface area contributed by atoms with Gasteiger partial charge in [0.1, 0.15) is 16.8 Å². The van der Waals surface area contributed by atoms with Crippen LogP contribution in [0.4, 0.5) is 0 Å². The highest BCUT2D eigenvalue weighted by Crippen LogP contribution is 2.23. The average molecular weight is 241 g/mol. The maximum absolute atomic E-state index is 8.82. The highest BCUT2D eigenvalue weighted by molar-refractivity contribution is 5.84. The molecule has 18 heavy (non-hydrogen) atoms. The van der Waals surface area contributed by atoms with E-state index in [1.165, 1.54) is 0 Å². The summed E-state index contributed by atoms with van der Waals surface area (Å²) in [6.45, 7) is 2.09. The topological polar surface area (TPSA) is 71.9 Å². The quantitative estimate of drug-likeness (QED) is 0.891. The van der Waals surface area contributed by atoms with Crippen LogP contribution in [0.2, 0.25) is 0 Å². The molecule has 1 heterocycles. The van der Waals surface area contributed by atoms with Crippen molar-refractivity contribution in [2.24, 2.45) is 5.73 Å². The standard InChI is InChI=1S/C14H15N3O/c1-14(16,10-15)7-9-18-12-6-2-4-11-5-3-8-17-13(11)12/h2-6,8H,7,9,16H2,1H3. The number of benzene rings is 1. The number of pyridine rings is 1. The Kier molecular flexibility index (Phi) is 3.45. The highest BCUT2D eigenvalue weighted by Gasteiger charge is 2.17. The Morgan fingerprint density at radius 1 is 1.39 bits per heavy atom. The summed E-state index contributed by atoms with van der Waals surface area (Å²) in [6.07, 6.45) is 2.21. The molecule has 2 N–H and O–H groups in total. The van der Waals surface area contributed by atoms with E-state index in [1.807, 2.05) is 36.4 Å². The lowest BCUT2D eigenvalue weighted by atomic mass is 10.0. The van der Waals surface area contributed by atoms with E-state index < -0.39 is 5.54 Å². The second-order valence-electron chi connectivity index (χ2n) is 4.46. The van der Waals surface area contributed by atoms with Gasteiger partial charge in [-0.05, 0) is 19.1 Å². The molecule has 0 radical (unpaired) electrons. The molecule has 0 saturated heterocycles. The Morgan fingerprint density at radius 2 is 2.17 bits per heavy atom. The first kappa shape index (κ1) is 12.3. The van der Waals surface area contributed by atoms with Gasteiger partial charge in [-0.15, -0.1) is 0 Å². The molecule has 4 nitrogen and oxygen atoms in total. The molecule has 0 bridgehead atoms. The van der Waals surface area contributed by atoms with Gasteiger partial charge in [0, 0.05) is 18.0 Å². The summed E-state index contributed by atoms with van der Waals surface area (Å²) in [6, 6.07) is 11.7. The first-order chi connectivity index (χ1) is 8.62. The van der Waals surface area contributed by atoms with Gasteiger partial charge in [-0.2, -0.15) is 5.26 Å². The third-order valence-electron chi connectivity index (χ3n) is 2.73. The van der Waals surface area contributed by atoms with Crippen LogP contribution in [0, 0.1) is 11.3 Å². The predicted molar refractivity (Wildman–Crippen MR) is 70.1 cm³/mol. The van der Waals surface area contributed by atoms with Crippen molar-refractivity contribution in [1.82, 2.24) is 4.98 Å². The van der Waals surface area contributed by atoms with Crippen molar-refractivity contribution in [3.63, 3.8) is 0 Å². The Balaban J connectivity index is 2.11. The van der Waals surface area contributed by atoms with Crippen molar-refractivity contribution in [1.29, 1.82) is 5.26 Å². The van der Waals surface area contributed by atoms with E-state index in [0.717, 1.165) is 16.7 Å². The summed E-state index contributed by atoms with van der Waals surface area (Å²) in [4.78, 5) is 4.30. The minimum atomic E-state index is -0.849. The zero-order chi connectivity index (χ0) is 13.0. The number of fused-ring (bicyclic) bond motifs is 1. The van der Waals surface area contributed by atoms with Crippen LogP contribution in [0.15, 0.2) is 36.5 Å². The Labute approximate surface area is 106 Å². The first-order valence-electron chi connectivity index (χ1n) is 5.79. The Hall–Kier alpha value is -2.12. The van der Waals surface area contributed by atoms with Crippen LogP contribution in [0.25, 0.3) is 10.9 Å². The largest absolute Gasteiger partial charge is 0.491 e. The molecule has 1 unspecified atom stereocenters. The lowest BCUT2D eigenvalue weighted by Crippen LogP contribution is -2.35. The summed E-state index contributed by atoms with van der Waals surface area (Å²) in [5.41, 5.74) is 5.72. The second-order valence-corrected chi connectivity index (χ2v) is 4.46. The monoisotopic (exact) mass is 241 g/mol. The van der Waals surface area contributed by atoms with Gasteiger partial charge in [0.25, 0.3) is 0 Å². The van der Waals surface area contributed by atoms with E-state index in [-0.39, 0.29) is 0 Å². The number of hydrogen-bond acceptors (Lipinski definition) is 4. The second kappa shape index (κ2) is 5.03. The fraction of sp³-hybridized carbons (Fsp3) is 0.286. The first-order valence-corrected chi connectivity index (χ1v) is 5.79. The molecule has 2 rings (SSSR count). The number of nitrogens with zero attached hydrogens (tertiary/aromatic N) is 2. The van der Waals surface area contributed by atoms with Crippen LogP contribution in [-0.2, 0) is 0 Å². The number of aromatic nitrogens is 1. The van der Waals surface area contributed by atoms with E-state index in [2.05, 4.69) is 4.98 Å². The third kappa shape index (κ3) is 2.76. The number of hydrogen-bond donors (Lipinski definition) is 1. The molecule has 1 aromatic heterocycles. The van der Waals surface area contributed by atoms with E-state index >= 15 is 0 Å². The molecule has 2 aromatic rings. The lowest BCUT2D eigenvalue weighted by molar-refractivity contribution is 0.289. The summed E-state index contributed by atoms with van der Waals surface area (Å²) in [5.74, 6) is 0.724. The molecule has 0 aliphatic heterocycles. The van der Waals surface area contributed by atoms with Gasteiger partial charge in [-0.1, -0.05) is 18.2 Å². The molecule has 4 heteroatoms. The fourth-order valence-electron chi connectivity index (χ4n) is 1.62. The molecular weight excluding hydrogens is 226 g/mol. The predicted octanol–water partition coefficient (Wildman–Crippen LogP) is 2.24. The van der Waals surface area contributed by atoms with Crippen molar-refractivity contribution in [2.45, 2.75) is 18.9 Å². The average Bonchev–Trinajstić information content (AvgIpc) is 2.39. The molecule has 1 aromatic carbocycles. The molecule has 0 amide bonds. The summed E-state index contributed by atoms with van der Waals surface area (Å²) >= 11 is 0. The molecule has 0 spiro atoms. The van der Waals surface area contributed by atoms with Gasteiger partial charge >= 0.3 is 0 Å². The number of rotatable bonds is 4. The van der Waals surface area contributed by atoms with Crippen molar-refractivity contribution in [2.75, 3.05) is 6.61 Å². The summed E-state index contributed by atoms with van der Waals surface area (Å²) in [5, 5.41) is 9.85. The molecule has 0 fully saturated rings. The normalized spacial score (nSPS) is 13.8. The number of nitrogens with two attached hydrogens (primary N) is 1. The molecule has 0 aliphatic rings. The summed E-state index contributed by atoms with van der Waals surface area (Å²) < 4.78 is 5.66. The van der Waals surface area contributed by atoms with Gasteiger partial charge in [0.05, 0.1) is 12.7 Å². The minimum absolute atomic E-state index is 0.399. The van der Waals surface area contributed by atoms with Crippen LogP contribution in [0.1, 0.15) is 13.3 Å². The minimum Gasteiger partial charge on any atom is -0.491 e. The van der Waals surface area contributed by atoms with Crippen LogP contribution >= 0.6 is 0 Å². The van der Waals surface area contributed by atoms with Crippen LogP contribution < -0.4 is 10.5 Å². The van der Waals surface area contributed by atoms with Gasteiger partial charge in [0.2, 0.25) is 0 Å². The number of nitriles is 1. The lowest BCUT2D eigenvalue weighted by Gasteiger charge is -2.15. The number of para-hydroxylation sites is 1. The van der Waals surface area contributed by atoms with E-state index in [0.29, 0.717) is 13.0 Å². The van der Waals surface area contributed by atoms with Gasteiger partial charge in [0.15, 0.2) is 0 Å². The van der Waals surface area contributed by atoms with Crippen LogP contribution in [-0.4, -0.2) is 17.1 Å². The molecule has 92 valence electrons. The van der Waals surface area contributed by atoms with Crippen molar-refractivity contribution >= 4 is 10.9 Å². The molecule has 0 saturated carbocycles. The number of ether oxygens (including phenoxy) is 1. The van der Waals surface area contributed by atoms with E-state index in [1.54, 1.807) is 13.1 Å². The smallest absolute Gasteiger partial charge is 0.145 e. The van der Waals surface area contributed by atoms with E-state index in [9.17, 15) is 0 Å².